The van der Waals surface area contributed by atoms with Crippen molar-refractivity contribution in [2.45, 2.75) is 30.6 Å². The number of nitrogens with one attached hydrogen (secondary N) is 1. The maximum atomic E-state index is 13.2. The van der Waals surface area contributed by atoms with Gasteiger partial charge in [-0.05, 0) is 49.9 Å². The van der Waals surface area contributed by atoms with Crippen LogP contribution in [0.25, 0.3) is 11.0 Å². The number of halogens is 1. The lowest BCUT2D eigenvalue weighted by molar-refractivity contribution is 0.424. The molecule has 2 aromatic rings. The van der Waals surface area contributed by atoms with E-state index >= 15 is 0 Å². The van der Waals surface area contributed by atoms with Crippen LogP contribution in [0.1, 0.15) is 31.1 Å². The Bertz CT molecular complexity index is 562. The van der Waals surface area contributed by atoms with Crippen molar-refractivity contribution >= 4 is 22.7 Å². The smallest absolute Gasteiger partial charge is 0.134 e. The molecule has 2 unspecified atom stereocenters. The molecule has 2 heterocycles. The van der Waals surface area contributed by atoms with Crippen molar-refractivity contribution in [3.63, 3.8) is 0 Å². The Hall–Kier alpha value is -1.000. The fourth-order valence-corrected chi connectivity index (χ4v) is 4.20. The highest BCUT2D eigenvalue weighted by Gasteiger charge is 2.27. The maximum absolute atomic E-state index is 13.2. The van der Waals surface area contributed by atoms with Gasteiger partial charge in [0, 0.05) is 10.6 Å². The third kappa shape index (κ3) is 2.65. The van der Waals surface area contributed by atoms with Crippen molar-refractivity contribution in [1.82, 2.24) is 5.32 Å². The number of hydrogen-bond acceptors (Lipinski definition) is 3. The van der Waals surface area contributed by atoms with Gasteiger partial charge in [-0.2, -0.15) is 11.8 Å². The van der Waals surface area contributed by atoms with Crippen LogP contribution in [0.3, 0.4) is 0 Å². The zero-order valence-electron chi connectivity index (χ0n) is 11.0. The van der Waals surface area contributed by atoms with Gasteiger partial charge < -0.3 is 9.73 Å². The van der Waals surface area contributed by atoms with E-state index in [2.05, 4.69) is 5.32 Å². The largest absolute Gasteiger partial charge is 0.459 e. The van der Waals surface area contributed by atoms with Crippen LogP contribution < -0.4 is 5.32 Å². The van der Waals surface area contributed by atoms with Gasteiger partial charge in [0.05, 0.1) is 6.04 Å². The quantitative estimate of drug-likeness (QED) is 0.915. The number of thioether (sulfide) groups is 1. The van der Waals surface area contributed by atoms with Crippen molar-refractivity contribution < 1.29 is 8.81 Å². The molecule has 2 atom stereocenters. The van der Waals surface area contributed by atoms with Gasteiger partial charge in [0.1, 0.15) is 17.2 Å². The van der Waals surface area contributed by atoms with Gasteiger partial charge in [-0.15, -0.1) is 0 Å². The molecule has 1 aliphatic rings. The third-order valence-electron chi connectivity index (χ3n) is 3.70. The van der Waals surface area contributed by atoms with Gasteiger partial charge in [0.25, 0.3) is 0 Å². The number of hydrogen-bond donors (Lipinski definition) is 1. The monoisotopic (exact) mass is 279 g/mol. The molecule has 0 saturated carbocycles. The summed E-state index contributed by atoms with van der Waals surface area (Å²) in [6.45, 7) is 0. The van der Waals surface area contributed by atoms with Crippen LogP contribution in [-0.2, 0) is 0 Å². The first kappa shape index (κ1) is 13.0. The molecule has 4 heteroatoms. The summed E-state index contributed by atoms with van der Waals surface area (Å²) in [5.74, 6) is 1.92. The van der Waals surface area contributed by atoms with Gasteiger partial charge in [-0.3, -0.25) is 0 Å². The molecule has 0 bridgehead atoms. The summed E-state index contributed by atoms with van der Waals surface area (Å²) in [7, 11) is 1.97. The van der Waals surface area contributed by atoms with E-state index in [-0.39, 0.29) is 11.9 Å². The second kappa shape index (κ2) is 5.55. The van der Waals surface area contributed by atoms with Crippen molar-refractivity contribution in [1.29, 1.82) is 0 Å². The summed E-state index contributed by atoms with van der Waals surface area (Å²) in [5.41, 5.74) is 0.762. The van der Waals surface area contributed by atoms with E-state index in [0.29, 0.717) is 5.25 Å². The van der Waals surface area contributed by atoms with E-state index in [1.165, 1.54) is 37.1 Å². The minimum absolute atomic E-state index is 0.209. The summed E-state index contributed by atoms with van der Waals surface area (Å²) in [6, 6.07) is 6.85. The Labute approximate surface area is 116 Å². The first-order valence-electron chi connectivity index (χ1n) is 6.76. The molecule has 2 nitrogen and oxygen atoms in total. The van der Waals surface area contributed by atoms with Crippen LogP contribution in [0.15, 0.2) is 28.7 Å². The molecule has 1 aromatic carbocycles. The first-order chi connectivity index (χ1) is 9.28. The van der Waals surface area contributed by atoms with Crippen molar-refractivity contribution in [2.24, 2.45) is 0 Å². The van der Waals surface area contributed by atoms with Gasteiger partial charge in [0.15, 0.2) is 0 Å². The second-order valence-electron chi connectivity index (χ2n) is 5.00. The molecule has 19 heavy (non-hydrogen) atoms. The molecule has 0 spiro atoms. The van der Waals surface area contributed by atoms with Crippen LogP contribution in [0.4, 0.5) is 4.39 Å². The summed E-state index contributed by atoms with van der Waals surface area (Å²) in [6.07, 6.45) is 3.80. The summed E-state index contributed by atoms with van der Waals surface area (Å²) < 4.78 is 19.1. The highest BCUT2D eigenvalue weighted by Crippen LogP contribution is 2.36. The minimum atomic E-state index is -0.215. The molecule has 0 amide bonds. The number of fused-ring (bicyclic) bond motifs is 1. The average molecular weight is 279 g/mol. The topological polar surface area (TPSA) is 25.2 Å². The molecule has 1 N–H and O–H groups in total. The van der Waals surface area contributed by atoms with E-state index in [1.54, 1.807) is 6.07 Å². The molecule has 3 rings (SSSR count). The Kier molecular flexibility index (Phi) is 3.80. The SMILES string of the molecule is CNC(c1cc2cc(F)ccc2o1)C1CCCCS1. The Morgan fingerprint density at radius 2 is 2.26 bits per heavy atom. The molecule has 1 aromatic heterocycles. The van der Waals surface area contributed by atoms with E-state index in [4.69, 9.17) is 4.42 Å². The second-order valence-corrected chi connectivity index (χ2v) is 6.35. The predicted octanol–water partition coefficient (Wildman–Crippen LogP) is 4.12. The Balaban J connectivity index is 1.91. The Morgan fingerprint density at radius 1 is 1.37 bits per heavy atom. The summed E-state index contributed by atoms with van der Waals surface area (Å²) in [5, 5.41) is 4.74. The normalized spacial score (nSPS) is 21.7. The van der Waals surface area contributed by atoms with Gasteiger partial charge in [-0.25, -0.2) is 4.39 Å². The standard InChI is InChI=1S/C15H18FNOS/c1-17-15(14-4-2-3-7-19-14)13-9-10-8-11(16)5-6-12(10)18-13/h5-6,8-9,14-15,17H,2-4,7H2,1H3. The van der Waals surface area contributed by atoms with Crippen molar-refractivity contribution in [3.05, 3.63) is 35.8 Å². The van der Waals surface area contributed by atoms with Crippen LogP contribution in [0.2, 0.25) is 0 Å². The zero-order chi connectivity index (χ0) is 13.2. The summed E-state index contributed by atoms with van der Waals surface area (Å²) >= 11 is 2.01. The summed E-state index contributed by atoms with van der Waals surface area (Å²) in [4.78, 5) is 0. The van der Waals surface area contributed by atoms with Crippen molar-refractivity contribution in [2.75, 3.05) is 12.8 Å². The fraction of sp³-hybridized carbons (Fsp3) is 0.467. The fourth-order valence-electron chi connectivity index (χ4n) is 2.73. The van der Waals surface area contributed by atoms with E-state index in [9.17, 15) is 4.39 Å². The Morgan fingerprint density at radius 3 is 3.00 bits per heavy atom. The molecule has 1 fully saturated rings. The zero-order valence-corrected chi connectivity index (χ0v) is 11.8. The number of rotatable bonds is 3. The third-order valence-corrected chi connectivity index (χ3v) is 5.16. The average Bonchev–Trinajstić information content (AvgIpc) is 2.83. The van der Waals surface area contributed by atoms with Gasteiger partial charge >= 0.3 is 0 Å². The first-order valence-corrected chi connectivity index (χ1v) is 7.80. The molecular weight excluding hydrogens is 261 g/mol. The van der Waals surface area contributed by atoms with E-state index in [0.717, 1.165) is 16.7 Å². The molecular formula is C15H18FNOS. The van der Waals surface area contributed by atoms with Crippen LogP contribution in [0.5, 0.6) is 0 Å². The predicted molar refractivity (Wildman–Crippen MR) is 78.1 cm³/mol. The lowest BCUT2D eigenvalue weighted by atomic mass is 10.0. The number of furan rings is 1. The highest BCUT2D eigenvalue weighted by molar-refractivity contribution is 8.00. The lowest BCUT2D eigenvalue weighted by Crippen LogP contribution is -2.28. The molecule has 1 aliphatic heterocycles. The minimum Gasteiger partial charge on any atom is -0.459 e. The molecule has 0 radical (unpaired) electrons. The van der Waals surface area contributed by atoms with Gasteiger partial charge in [0.2, 0.25) is 0 Å². The van der Waals surface area contributed by atoms with Crippen LogP contribution in [-0.4, -0.2) is 18.1 Å². The lowest BCUT2D eigenvalue weighted by Gasteiger charge is -2.28. The van der Waals surface area contributed by atoms with Crippen LogP contribution in [0, 0.1) is 5.82 Å². The molecule has 102 valence electrons. The molecule has 1 saturated heterocycles. The molecule has 0 aliphatic carbocycles. The van der Waals surface area contributed by atoms with E-state index < -0.39 is 0 Å². The highest BCUT2D eigenvalue weighted by atomic mass is 32.2. The van der Waals surface area contributed by atoms with Gasteiger partial charge in [-0.1, -0.05) is 6.42 Å². The van der Waals surface area contributed by atoms with Crippen molar-refractivity contribution in [3.8, 4) is 0 Å². The maximum Gasteiger partial charge on any atom is 0.134 e. The van der Waals surface area contributed by atoms with Crippen LogP contribution >= 0.6 is 11.8 Å². The number of benzene rings is 1. The van der Waals surface area contributed by atoms with E-state index in [1.807, 2.05) is 24.9 Å².